The van der Waals surface area contributed by atoms with Crippen molar-refractivity contribution >= 4 is 11.6 Å². The molecule has 2 rings (SSSR count). The number of nitrogens with zero attached hydrogens (tertiary/aromatic N) is 1. The Morgan fingerprint density at radius 3 is 2.89 bits per heavy atom. The van der Waals surface area contributed by atoms with Crippen LogP contribution in [0.4, 0.5) is 10.1 Å². The van der Waals surface area contributed by atoms with Crippen molar-refractivity contribution < 1.29 is 9.18 Å². The van der Waals surface area contributed by atoms with E-state index in [-0.39, 0.29) is 11.7 Å². The smallest absolute Gasteiger partial charge is 0.227 e. The van der Waals surface area contributed by atoms with E-state index in [9.17, 15) is 9.18 Å². The highest BCUT2D eigenvalue weighted by Crippen LogP contribution is 2.28. The standard InChI is InChI=1S/C14H19FN2O/c1-10(2)16-7-8-17-13-9-12(15)5-3-11(13)4-6-14(17)18/h3,5,9-10,16H,4,6-8H2,1-2H3. The molecule has 0 aromatic heterocycles. The van der Waals surface area contributed by atoms with Gasteiger partial charge in [-0.25, -0.2) is 4.39 Å². The van der Waals surface area contributed by atoms with Gasteiger partial charge in [0.15, 0.2) is 0 Å². The number of anilines is 1. The Morgan fingerprint density at radius 2 is 2.17 bits per heavy atom. The lowest BCUT2D eigenvalue weighted by Gasteiger charge is -2.29. The molecule has 0 fully saturated rings. The Kier molecular flexibility index (Phi) is 3.97. The zero-order valence-electron chi connectivity index (χ0n) is 10.9. The number of carbonyl (C=O) groups excluding carboxylic acids is 1. The molecule has 1 heterocycles. The highest BCUT2D eigenvalue weighted by molar-refractivity contribution is 5.96. The predicted octanol–water partition coefficient (Wildman–Crippen LogP) is 2.10. The largest absolute Gasteiger partial charge is 0.313 e. The second-order valence-corrected chi connectivity index (χ2v) is 4.93. The molecule has 1 aromatic rings. The quantitative estimate of drug-likeness (QED) is 0.887. The van der Waals surface area contributed by atoms with Crippen molar-refractivity contribution in [3.05, 3.63) is 29.6 Å². The highest BCUT2D eigenvalue weighted by Gasteiger charge is 2.23. The van der Waals surface area contributed by atoms with Crippen LogP contribution in [0.5, 0.6) is 0 Å². The molecule has 0 radical (unpaired) electrons. The van der Waals surface area contributed by atoms with Crippen molar-refractivity contribution in [1.29, 1.82) is 0 Å². The zero-order chi connectivity index (χ0) is 13.1. The summed E-state index contributed by atoms with van der Waals surface area (Å²) < 4.78 is 13.3. The lowest BCUT2D eigenvalue weighted by Crippen LogP contribution is -2.41. The molecule has 1 aromatic carbocycles. The van der Waals surface area contributed by atoms with Gasteiger partial charge in [-0.2, -0.15) is 0 Å². The maximum Gasteiger partial charge on any atom is 0.227 e. The van der Waals surface area contributed by atoms with Crippen molar-refractivity contribution in [2.24, 2.45) is 0 Å². The molecule has 98 valence electrons. The maximum absolute atomic E-state index is 13.3. The molecule has 0 saturated heterocycles. The normalized spacial score (nSPS) is 15.1. The van der Waals surface area contributed by atoms with Gasteiger partial charge < -0.3 is 10.2 Å². The van der Waals surface area contributed by atoms with Crippen LogP contribution < -0.4 is 10.2 Å². The summed E-state index contributed by atoms with van der Waals surface area (Å²) in [5.41, 5.74) is 1.79. The van der Waals surface area contributed by atoms with Crippen LogP contribution in [0.15, 0.2) is 18.2 Å². The van der Waals surface area contributed by atoms with Crippen LogP contribution in [0.2, 0.25) is 0 Å². The van der Waals surface area contributed by atoms with E-state index >= 15 is 0 Å². The summed E-state index contributed by atoms with van der Waals surface area (Å²) in [5, 5.41) is 3.27. The van der Waals surface area contributed by atoms with Crippen LogP contribution in [0.3, 0.4) is 0 Å². The van der Waals surface area contributed by atoms with E-state index in [0.717, 1.165) is 17.8 Å². The minimum absolute atomic E-state index is 0.0821. The van der Waals surface area contributed by atoms with Gasteiger partial charge in [0.25, 0.3) is 0 Å². The maximum atomic E-state index is 13.3. The summed E-state index contributed by atoms with van der Waals surface area (Å²) in [6, 6.07) is 5.08. The lowest BCUT2D eigenvalue weighted by molar-refractivity contribution is -0.118. The number of fused-ring (bicyclic) bond motifs is 1. The topological polar surface area (TPSA) is 32.3 Å². The van der Waals surface area contributed by atoms with Crippen molar-refractivity contribution in [3.63, 3.8) is 0 Å². The molecule has 0 aliphatic carbocycles. The molecule has 1 aliphatic heterocycles. The molecular formula is C14H19FN2O. The third kappa shape index (κ3) is 2.88. The first-order valence-electron chi connectivity index (χ1n) is 6.40. The number of halogens is 1. The average molecular weight is 250 g/mol. The number of rotatable bonds is 4. The van der Waals surface area contributed by atoms with Gasteiger partial charge in [-0.05, 0) is 24.1 Å². The van der Waals surface area contributed by atoms with Gasteiger partial charge in [0.1, 0.15) is 5.82 Å². The molecule has 0 atom stereocenters. The Bertz CT molecular complexity index is 445. The summed E-state index contributed by atoms with van der Waals surface area (Å²) >= 11 is 0. The second-order valence-electron chi connectivity index (χ2n) is 4.93. The molecule has 1 aliphatic rings. The predicted molar refractivity (Wildman–Crippen MR) is 70.2 cm³/mol. The number of amides is 1. The van der Waals surface area contributed by atoms with Gasteiger partial charge in [-0.3, -0.25) is 4.79 Å². The van der Waals surface area contributed by atoms with Crippen LogP contribution in [-0.4, -0.2) is 25.0 Å². The number of hydrogen-bond donors (Lipinski definition) is 1. The molecule has 1 amide bonds. The summed E-state index contributed by atoms with van der Waals surface area (Å²) in [4.78, 5) is 13.6. The van der Waals surface area contributed by atoms with Crippen LogP contribution >= 0.6 is 0 Å². The SMILES string of the molecule is CC(C)NCCN1C(=O)CCc2ccc(F)cc21. The second kappa shape index (κ2) is 5.48. The van der Waals surface area contributed by atoms with E-state index in [1.54, 1.807) is 11.0 Å². The van der Waals surface area contributed by atoms with E-state index in [4.69, 9.17) is 0 Å². The zero-order valence-corrected chi connectivity index (χ0v) is 10.9. The van der Waals surface area contributed by atoms with Crippen molar-refractivity contribution in [2.45, 2.75) is 32.7 Å². The number of benzene rings is 1. The number of hydrogen-bond acceptors (Lipinski definition) is 2. The average Bonchev–Trinajstić information content (AvgIpc) is 2.31. The fourth-order valence-corrected chi connectivity index (χ4v) is 2.22. The third-order valence-electron chi connectivity index (χ3n) is 3.14. The first-order valence-corrected chi connectivity index (χ1v) is 6.40. The van der Waals surface area contributed by atoms with Gasteiger partial charge >= 0.3 is 0 Å². The van der Waals surface area contributed by atoms with Crippen LogP contribution in [0, 0.1) is 5.82 Å². The summed E-state index contributed by atoms with van der Waals surface area (Å²) in [5.74, 6) is -0.205. The van der Waals surface area contributed by atoms with Crippen molar-refractivity contribution in [1.82, 2.24) is 5.32 Å². The van der Waals surface area contributed by atoms with E-state index in [1.807, 2.05) is 0 Å². The van der Waals surface area contributed by atoms with Crippen LogP contribution in [0.1, 0.15) is 25.8 Å². The summed E-state index contributed by atoms with van der Waals surface area (Å²) in [7, 11) is 0. The number of nitrogens with one attached hydrogen (secondary N) is 1. The van der Waals surface area contributed by atoms with Gasteiger partial charge in [0.2, 0.25) is 5.91 Å². The summed E-state index contributed by atoms with van der Waals surface area (Å²) in [6.45, 7) is 5.43. The van der Waals surface area contributed by atoms with E-state index in [2.05, 4.69) is 19.2 Å². The fraction of sp³-hybridized carbons (Fsp3) is 0.500. The third-order valence-corrected chi connectivity index (χ3v) is 3.14. The van der Waals surface area contributed by atoms with Gasteiger partial charge in [-0.15, -0.1) is 0 Å². The molecular weight excluding hydrogens is 231 g/mol. The minimum atomic E-state index is -0.287. The van der Waals surface area contributed by atoms with Gasteiger partial charge in [-0.1, -0.05) is 19.9 Å². The molecule has 0 unspecified atom stereocenters. The minimum Gasteiger partial charge on any atom is -0.313 e. The number of aryl methyl sites for hydroxylation is 1. The lowest BCUT2D eigenvalue weighted by atomic mass is 10.0. The van der Waals surface area contributed by atoms with Crippen molar-refractivity contribution in [2.75, 3.05) is 18.0 Å². The number of carbonyl (C=O) groups is 1. The molecule has 4 heteroatoms. The Hall–Kier alpha value is -1.42. The van der Waals surface area contributed by atoms with Crippen LogP contribution in [0.25, 0.3) is 0 Å². The first kappa shape index (κ1) is 13.0. The van der Waals surface area contributed by atoms with E-state index in [0.29, 0.717) is 25.4 Å². The molecule has 3 nitrogen and oxygen atoms in total. The van der Waals surface area contributed by atoms with E-state index in [1.165, 1.54) is 12.1 Å². The Morgan fingerprint density at radius 1 is 1.39 bits per heavy atom. The molecule has 1 N–H and O–H groups in total. The Balaban J connectivity index is 2.14. The van der Waals surface area contributed by atoms with Gasteiger partial charge in [0.05, 0.1) is 0 Å². The molecule has 18 heavy (non-hydrogen) atoms. The van der Waals surface area contributed by atoms with E-state index < -0.39 is 0 Å². The first-order chi connectivity index (χ1) is 8.58. The molecule has 0 spiro atoms. The molecule has 0 bridgehead atoms. The summed E-state index contributed by atoms with van der Waals surface area (Å²) in [6.07, 6.45) is 1.23. The highest BCUT2D eigenvalue weighted by atomic mass is 19.1. The monoisotopic (exact) mass is 250 g/mol. The fourth-order valence-electron chi connectivity index (χ4n) is 2.22. The van der Waals surface area contributed by atoms with Crippen LogP contribution in [-0.2, 0) is 11.2 Å². The Labute approximate surface area is 107 Å². The van der Waals surface area contributed by atoms with Gasteiger partial charge in [0, 0.05) is 31.2 Å². The van der Waals surface area contributed by atoms with Crippen molar-refractivity contribution in [3.8, 4) is 0 Å². The molecule has 0 saturated carbocycles.